The van der Waals surface area contributed by atoms with Crippen molar-refractivity contribution < 1.29 is 9.53 Å². The Hall–Kier alpha value is -0.310. The van der Waals surface area contributed by atoms with Crippen molar-refractivity contribution in [3.8, 4) is 0 Å². The van der Waals surface area contributed by atoms with Crippen LogP contribution in [0.2, 0.25) is 0 Å². The van der Waals surface area contributed by atoms with Crippen molar-refractivity contribution >= 4 is 21.9 Å². The van der Waals surface area contributed by atoms with Crippen LogP contribution in [0.3, 0.4) is 0 Å². The second-order valence-electron chi connectivity index (χ2n) is 2.62. The highest BCUT2D eigenvalue weighted by Gasteiger charge is 2.17. The molecular weight excluding hydrogens is 208 g/mol. The Kier molecular flexibility index (Phi) is 3.12. The number of carbonyl (C=O) groups excluding carboxylic acids is 1. The maximum absolute atomic E-state index is 10.6. The Morgan fingerprint density at radius 2 is 2.55 bits per heavy atom. The lowest BCUT2D eigenvalue weighted by Gasteiger charge is -2.19. The molecule has 1 unspecified atom stereocenters. The molecule has 1 aliphatic rings. The molecule has 0 saturated heterocycles. The van der Waals surface area contributed by atoms with Gasteiger partial charge in [-0.3, -0.25) is 4.79 Å². The average Bonchev–Trinajstić information content (AvgIpc) is 1.93. The van der Waals surface area contributed by atoms with E-state index in [1.165, 1.54) is 6.92 Å². The van der Waals surface area contributed by atoms with Crippen LogP contribution in [0.15, 0.2) is 10.6 Å². The van der Waals surface area contributed by atoms with Crippen LogP contribution in [0.25, 0.3) is 0 Å². The number of ether oxygens (including phenoxy) is 1. The van der Waals surface area contributed by atoms with Gasteiger partial charge in [0.1, 0.15) is 6.10 Å². The third-order valence-corrected chi connectivity index (χ3v) is 2.46. The zero-order valence-corrected chi connectivity index (χ0v) is 8.06. The van der Waals surface area contributed by atoms with E-state index < -0.39 is 0 Å². The summed E-state index contributed by atoms with van der Waals surface area (Å²) in [5, 5.41) is 0. The number of allylic oxidation sites excluding steroid dienone is 1. The standard InChI is InChI=1S/C8H11BrO2/c1-6(10)11-8-5-3-2-4-7(8)9/h4,8H,2-3,5H2,1H3. The van der Waals surface area contributed by atoms with Crippen molar-refractivity contribution in [3.63, 3.8) is 0 Å². The highest BCUT2D eigenvalue weighted by molar-refractivity contribution is 9.11. The minimum absolute atomic E-state index is 0.0266. The van der Waals surface area contributed by atoms with Gasteiger partial charge in [0.15, 0.2) is 0 Å². The van der Waals surface area contributed by atoms with Gasteiger partial charge in [-0.25, -0.2) is 0 Å². The van der Waals surface area contributed by atoms with Gasteiger partial charge in [-0.1, -0.05) is 22.0 Å². The van der Waals surface area contributed by atoms with Crippen LogP contribution in [0.5, 0.6) is 0 Å². The van der Waals surface area contributed by atoms with E-state index in [1.54, 1.807) is 0 Å². The first-order valence-electron chi connectivity index (χ1n) is 3.73. The number of hydrogen-bond donors (Lipinski definition) is 0. The number of hydrogen-bond acceptors (Lipinski definition) is 2. The third-order valence-electron chi connectivity index (χ3n) is 1.63. The highest BCUT2D eigenvalue weighted by Crippen LogP contribution is 2.25. The molecule has 0 aromatic rings. The first-order valence-corrected chi connectivity index (χ1v) is 4.52. The van der Waals surface area contributed by atoms with Crippen LogP contribution in [-0.2, 0) is 9.53 Å². The van der Waals surface area contributed by atoms with E-state index >= 15 is 0 Å². The number of esters is 1. The van der Waals surface area contributed by atoms with Gasteiger partial charge < -0.3 is 4.74 Å². The Morgan fingerprint density at radius 3 is 3.09 bits per heavy atom. The molecule has 0 amide bonds. The van der Waals surface area contributed by atoms with Crippen LogP contribution < -0.4 is 0 Å². The summed E-state index contributed by atoms with van der Waals surface area (Å²) in [6.45, 7) is 1.44. The molecule has 1 rings (SSSR count). The van der Waals surface area contributed by atoms with E-state index in [0.717, 1.165) is 23.7 Å². The lowest BCUT2D eigenvalue weighted by molar-refractivity contribution is -0.144. The molecule has 0 heterocycles. The predicted molar refractivity (Wildman–Crippen MR) is 46.4 cm³/mol. The van der Waals surface area contributed by atoms with E-state index in [0.29, 0.717) is 0 Å². The molecule has 11 heavy (non-hydrogen) atoms. The fraction of sp³-hybridized carbons (Fsp3) is 0.625. The number of halogens is 1. The summed E-state index contributed by atoms with van der Waals surface area (Å²) in [6, 6.07) is 0. The van der Waals surface area contributed by atoms with Gasteiger partial charge in [0.25, 0.3) is 0 Å². The summed E-state index contributed by atoms with van der Waals surface area (Å²) in [4.78, 5) is 10.6. The molecule has 1 atom stereocenters. The van der Waals surface area contributed by atoms with Crippen molar-refractivity contribution in [1.82, 2.24) is 0 Å². The Labute approximate surface area is 74.7 Å². The Morgan fingerprint density at radius 1 is 1.82 bits per heavy atom. The van der Waals surface area contributed by atoms with E-state index in [4.69, 9.17) is 4.74 Å². The van der Waals surface area contributed by atoms with Crippen molar-refractivity contribution in [1.29, 1.82) is 0 Å². The summed E-state index contributed by atoms with van der Waals surface area (Å²) >= 11 is 3.37. The van der Waals surface area contributed by atoms with Crippen LogP contribution in [-0.4, -0.2) is 12.1 Å². The van der Waals surface area contributed by atoms with Crippen LogP contribution in [0, 0.1) is 0 Å². The summed E-state index contributed by atoms with van der Waals surface area (Å²) in [5.74, 6) is -0.206. The van der Waals surface area contributed by atoms with E-state index in [-0.39, 0.29) is 12.1 Å². The zero-order valence-electron chi connectivity index (χ0n) is 6.47. The van der Waals surface area contributed by atoms with Gasteiger partial charge >= 0.3 is 5.97 Å². The predicted octanol–water partition coefficient (Wildman–Crippen LogP) is 2.38. The molecule has 3 heteroatoms. The minimum atomic E-state index is -0.206. The van der Waals surface area contributed by atoms with Gasteiger partial charge in [-0.2, -0.15) is 0 Å². The fourth-order valence-corrected chi connectivity index (χ4v) is 1.68. The summed E-state index contributed by atoms with van der Waals surface area (Å²) in [7, 11) is 0. The van der Waals surface area contributed by atoms with Gasteiger partial charge in [0, 0.05) is 11.4 Å². The molecule has 0 spiro atoms. The Balaban J connectivity index is 2.50. The molecule has 1 aliphatic carbocycles. The van der Waals surface area contributed by atoms with Gasteiger partial charge in [-0.05, 0) is 19.3 Å². The molecule has 62 valence electrons. The third kappa shape index (κ3) is 2.66. The first-order chi connectivity index (χ1) is 5.20. The van der Waals surface area contributed by atoms with E-state index in [1.807, 2.05) is 0 Å². The van der Waals surface area contributed by atoms with Gasteiger partial charge in [0.05, 0.1) is 0 Å². The molecule has 0 radical (unpaired) electrons. The molecule has 0 saturated carbocycles. The normalized spacial score (nSPS) is 24.2. The van der Waals surface area contributed by atoms with Gasteiger partial charge in [0.2, 0.25) is 0 Å². The fourth-order valence-electron chi connectivity index (χ4n) is 1.13. The topological polar surface area (TPSA) is 26.3 Å². The van der Waals surface area contributed by atoms with Crippen LogP contribution >= 0.6 is 15.9 Å². The van der Waals surface area contributed by atoms with Crippen molar-refractivity contribution in [2.45, 2.75) is 32.3 Å². The summed E-state index contributed by atoms with van der Waals surface area (Å²) < 4.78 is 6.06. The quantitative estimate of drug-likeness (QED) is 0.633. The molecule has 0 aliphatic heterocycles. The monoisotopic (exact) mass is 218 g/mol. The summed E-state index contributed by atoms with van der Waals surface area (Å²) in [6.07, 6.45) is 5.17. The van der Waals surface area contributed by atoms with E-state index in [9.17, 15) is 4.79 Å². The largest absolute Gasteiger partial charge is 0.457 e. The molecule has 0 N–H and O–H groups in total. The molecule has 0 bridgehead atoms. The van der Waals surface area contributed by atoms with Gasteiger partial charge in [-0.15, -0.1) is 0 Å². The molecule has 2 nitrogen and oxygen atoms in total. The van der Waals surface area contributed by atoms with Crippen LogP contribution in [0.1, 0.15) is 26.2 Å². The maximum atomic E-state index is 10.6. The molecule has 0 aromatic carbocycles. The van der Waals surface area contributed by atoms with Crippen molar-refractivity contribution in [2.24, 2.45) is 0 Å². The summed E-state index contributed by atoms with van der Waals surface area (Å²) in [5.41, 5.74) is 0. The SMILES string of the molecule is CC(=O)OC1CCCC=C1Br. The minimum Gasteiger partial charge on any atom is -0.457 e. The van der Waals surface area contributed by atoms with Crippen LogP contribution in [0.4, 0.5) is 0 Å². The average molecular weight is 219 g/mol. The highest BCUT2D eigenvalue weighted by atomic mass is 79.9. The lowest BCUT2D eigenvalue weighted by atomic mass is 10.1. The smallest absolute Gasteiger partial charge is 0.303 e. The van der Waals surface area contributed by atoms with Crippen molar-refractivity contribution in [3.05, 3.63) is 10.6 Å². The molecule has 0 fully saturated rings. The van der Waals surface area contributed by atoms with E-state index in [2.05, 4.69) is 22.0 Å². The molecular formula is C8H11BrO2. The zero-order chi connectivity index (χ0) is 8.27. The number of rotatable bonds is 1. The first kappa shape index (κ1) is 8.78. The molecule has 0 aromatic heterocycles. The number of carbonyl (C=O) groups is 1. The Bertz CT molecular complexity index is 187. The maximum Gasteiger partial charge on any atom is 0.303 e. The second-order valence-corrected chi connectivity index (χ2v) is 3.53. The second kappa shape index (κ2) is 3.90. The lowest BCUT2D eigenvalue weighted by Crippen LogP contribution is -2.18. The van der Waals surface area contributed by atoms with Crippen molar-refractivity contribution in [2.75, 3.05) is 0 Å².